The smallest absolute Gasteiger partial charge is 0.193 e. The quantitative estimate of drug-likeness (QED) is 0.597. The molecule has 1 N–H and O–H groups in total. The maximum absolute atomic E-state index is 6.06. The average Bonchev–Trinajstić information content (AvgIpc) is 3.11. The first kappa shape index (κ1) is 14.6. The van der Waals surface area contributed by atoms with E-state index in [2.05, 4.69) is 15.2 Å². The highest BCUT2D eigenvalue weighted by Gasteiger charge is 2.67. The molecular formula is C19H31N3O. The summed E-state index contributed by atoms with van der Waals surface area (Å²) in [7, 11) is 1.97. The molecule has 5 rings (SSSR count). The van der Waals surface area contributed by atoms with Crippen LogP contribution < -0.4 is 5.32 Å². The van der Waals surface area contributed by atoms with Crippen molar-refractivity contribution in [2.45, 2.75) is 63.5 Å². The highest BCUT2D eigenvalue weighted by Crippen LogP contribution is 2.62. The number of ether oxygens (including phenoxy) is 1. The lowest BCUT2D eigenvalue weighted by Gasteiger charge is -2.63. The van der Waals surface area contributed by atoms with Crippen LogP contribution in [0.5, 0.6) is 0 Å². The van der Waals surface area contributed by atoms with Gasteiger partial charge in [0, 0.05) is 44.1 Å². The van der Waals surface area contributed by atoms with E-state index in [0.717, 1.165) is 24.4 Å². The van der Waals surface area contributed by atoms with Gasteiger partial charge in [-0.3, -0.25) is 4.99 Å². The summed E-state index contributed by atoms with van der Waals surface area (Å²) in [5, 5.41) is 3.91. The minimum Gasteiger partial charge on any atom is -0.377 e. The van der Waals surface area contributed by atoms with Gasteiger partial charge in [0.1, 0.15) is 0 Å². The van der Waals surface area contributed by atoms with E-state index >= 15 is 0 Å². The molecule has 128 valence electrons. The van der Waals surface area contributed by atoms with Crippen LogP contribution in [-0.2, 0) is 4.74 Å². The predicted octanol–water partition coefficient (Wildman–Crippen LogP) is 2.64. The lowest BCUT2D eigenvalue weighted by molar-refractivity contribution is -0.171. The highest BCUT2D eigenvalue weighted by atomic mass is 16.5. The summed E-state index contributed by atoms with van der Waals surface area (Å²) in [4.78, 5) is 7.24. The number of nitrogens with zero attached hydrogens (tertiary/aromatic N) is 2. The van der Waals surface area contributed by atoms with Crippen molar-refractivity contribution >= 4 is 5.96 Å². The first-order chi connectivity index (χ1) is 11.3. The summed E-state index contributed by atoms with van der Waals surface area (Å²) in [6.45, 7) is 3.44. The first-order valence-electron chi connectivity index (χ1n) is 9.92. The first-order valence-corrected chi connectivity index (χ1v) is 9.92. The van der Waals surface area contributed by atoms with Crippen molar-refractivity contribution in [3.63, 3.8) is 0 Å². The third-order valence-corrected chi connectivity index (χ3v) is 7.81. The Morgan fingerprint density at radius 2 is 1.83 bits per heavy atom. The zero-order chi connectivity index (χ0) is 15.4. The maximum atomic E-state index is 6.06. The van der Waals surface area contributed by atoms with Crippen LogP contribution in [0.15, 0.2) is 4.99 Å². The van der Waals surface area contributed by atoms with E-state index in [4.69, 9.17) is 4.74 Å². The molecule has 4 nitrogen and oxygen atoms in total. The molecule has 0 amide bonds. The van der Waals surface area contributed by atoms with Crippen LogP contribution in [0, 0.1) is 23.2 Å². The summed E-state index contributed by atoms with van der Waals surface area (Å²) in [5.41, 5.74) is 0.448. The molecular weight excluding hydrogens is 286 g/mol. The van der Waals surface area contributed by atoms with Crippen LogP contribution >= 0.6 is 0 Å². The maximum Gasteiger partial charge on any atom is 0.193 e. The standard InChI is InChI=1S/C19H31N3O/c1-20-18(22-11-13-5-2-3-6-14(13)12-22)21-16-15-7-10-23-17(15)19(16)8-4-9-19/h13-17H,2-12H2,1H3,(H,20,21). The molecule has 0 bridgehead atoms. The fourth-order valence-corrected chi connectivity index (χ4v) is 6.47. The number of hydrogen-bond acceptors (Lipinski definition) is 2. The third kappa shape index (κ3) is 2.03. The van der Waals surface area contributed by atoms with Crippen molar-refractivity contribution in [2.24, 2.45) is 28.2 Å². The van der Waals surface area contributed by atoms with Crippen LogP contribution in [0.1, 0.15) is 51.4 Å². The Morgan fingerprint density at radius 3 is 2.43 bits per heavy atom. The van der Waals surface area contributed by atoms with Gasteiger partial charge in [-0.15, -0.1) is 0 Å². The molecule has 5 unspecified atom stereocenters. The van der Waals surface area contributed by atoms with Gasteiger partial charge < -0.3 is 15.0 Å². The van der Waals surface area contributed by atoms with Crippen molar-refractivity contribution in [1.29, 1.82) is 0 Å². The Morgan fingerprint density at radius 1 is 1.09 bits per heavy atom. The van der Waals surface area contributed by atoms with E-state index in [-0.39, 0.29) is 0 Å². The number of rotatable bonds is 1. The van der Waals surface area contributed by atoms with Gasteiger partial charge in [0.15, 0.2) is 5.96 Å². The summed E-state index contributed by atoms with van der Waals surface area (Å²) >= 11 is 0. The van der Waals surface area contributed by atoms with Crippen molar-refractivity contribution in [3.8, 4) is 0 Å². The molecule has 4 heteroatoms. The van der Waals surface area contributed by atoms with Gasteiger partial charge in [0.25, 0.3) is 0 Å². The fourth-order valence-electron chi connectivity index (χ4n) is 6.47. The molecule has 5 aliphatic rings. The van der Waals surface area contributed by atoms with E-state index in [0.29, 0.717) is 17.6 Å². The zero-order valence-corrected chi connectivity index (χ0v) is 14.5. The average molecular weight is 317 g/mol. The number of guanidine groups is 1. The van der Waals surface area contributed by atoms with Gasteiger partial charge in [-0.2, -0.15) is 0 Å². The van der Waals surface area contributed by atoms with Gasteiger partial charge >= 0.3 is 0 Å². The molecule has 2 aliphatic heterocycles. The molecule has 2 saturated heterocycles. The second-order valence-corrected chi connectivity index (χ2v) is 8.71. The molecule has 2 heterocycles. The van der Waals surface area contributed by atoms with E-state index in [1.807, 2.05) is 7.05 Å². The van der Waals surface area contributed by atoms with Crippen molar-refractivity contribution in [3.05, 3.63) is 0 Å². The van der Waals surface area contributed by atoms with Gasteiger partial charge in [-0.05, 0) is 43.9 Å². The molecule has 3 aliphatic carbocycles. The van der Waals surface area contributed by atoms with E-state index < -0.39 is 0 Å². The number of fused-ring (bicyclic) bond motifs is 3. The largest absolute Gasteiger partial charge is 0.377 e. The lowest BCUT2D eigenvalue weighted by atomic mass is 9.46. The van der Waals surface area contributed by atoms with Crippen LogP contribution in [0.2, 0.25) is 0 Å². The third-order valence-electron chi connectivity index (χ3n) is 7.81. The van der Waals surface area contributed by atoms with Gasteiger partial charge in [0.2, 0.25) is 0 Å². The van der Waals surface area contributed by atoms with Gasteiger partial charge in [0.05, 0.1) is 6.10 Å². The SMILES string of the molecule is CN=C(NC1C2CCOC2C12CCC2)N1CC2CCCCC2C1. The lowest BCUT2D eigenvalue weighted by Crippen LogP contribution is -2.72. The van der Waals surface area contributed by atoms with Crippen LogP contribution in [0.25, 0.3) is 0 Å². The molecule has 5 fully saturated rings. The Labute approximate surface area is 140 Å². The zero-order valence-electron chi connectivity index (χ0n) is 14.5. The topological polar surface area (TPSA) is 36.9 Å². The van der Waals surface area contributed by atoms with Crippen molar-refractivity contribution in [2.75, 3.05) is 26.7 Å². The molecule has 0 radical (unpaired) electrons. The minimum absolute atomic E-state index is 0.448. The fraction of sp³-hybridized carbons (Fsp3) is 0.947. The second kappa shape index (κ2) is 5.37. The van der Waals surface area contributed by atoms with Crippen LogP contribution in [-0.4, -0.2) is 49.7 Å². The van der Waals surface area contributed by atoms with E-state index in [1.54, 1.807) is 0 Å². The molecule has 3 saturated carbocycles. The molecule has 0 aromatic heterocycles. The number of likely N-dealkylation sites (tertiary alicyclic amines) is 1. The summed E-state index contributed by atoms with van der Waals surface area (Å²) in [5.74, 6) is 3.76. The molecule has 5 atom stereocenters. The van der Waals surface area contributed by atoms with Gasteiger partial charge in [-0.25, -0.2) is 0 Å². The predicted molar refractivity (Wildman–Crippen MR) is 91.4 cm³/mol. The summed E-state index contributed by atoms with van der Waals surface area (Å²) in [6.07, 6.45) is 11.6. The Kier molecular flexibility index (Phi) is 3.40. The van der Waals surface area contributed by atoms with Crippen LogP contribution in [0.4, 0.5) is 0 Å². The number of nitrogens with one attached hydrogen (secondary N) is 1. The van der Waals surface area contributed by atoms with E-state index in [1.165, 1.54) is 70.4 Å². The Bertz CT molecular complexity index is 487. The monoisotopic (exact) mass is 317 g/mol. The Hall–Kier alpha value is -0.770. The van der Waals surface area contributed by atoms with Gasteiger partial charge in [-0.1, -0.05) is 19.3 Å². The second-order valence-electron chi connectivity index (χ2n) is 8.71. The normalized spacial score (nSPS) is 44.5. The molecule has 23 heavy (non-hydrogen) atoms. The molecule has 0 aromatic carbocycles. The van der Waals surface area contributed by atoms with Crippen LogP contribution in [0.3, 0.4) is 0 Å². The summed E-state index contributed by atoms with van der Waals surface area (Å²) in [6, 6.07) is 0.616. The highest BCUT2D eigenvalue weighted by molar-refractivity contribution is 5.81. The van der Waals surface area contributed by atoms with Crippen molar-refractivity contribution in [1.82, 2.24) is 10.2 Å². The molecule has 1 spiro atoms. The summed E-state index contributed by atoms with van der Waals surface area (Å²) < 4.78 is 6.06. The van der Waals surface area contributed by atoms with E-state index in [9.17, 15) is 0 Å². The molecule has 0 aromatic rings. The van der Waals surface area contributed by atoms with Crippen molar-refractivity contribution < 1.29 is 4.74 Å². The number of hydrogen-bond donors (Lipinski definition) is 1. The number of aliphatic imine (C=N–C) groups is 1. The minimum atomic E-state index is 0.448. The Balaban J connectivity index is 1.29.